The van der Waals surface area contributed by atoms with Gasteiger partial charge in [-0.25, -0.2) is 9.59 Å². The van der Waals surface area contributed by atoms with Gasteiger partial charge in [-0.1, -0.05) is 0 Å². The molecule has 0 saturated carbocycles. The first-order chi connectivity index (χ1) is 10.9. The molecule has 0 fully saturated rings. The average Bonchev–Trinajstić information content (AvgIpc) is 2.86. The van der Waals surface area contributed by atoms with Gasteiger partial charge >= 0.3 is 11.9 Å². The van der Waals surface area contributed by atoms with Crippen LogP contribution in [0.4, 0.5) is 5.69 Å². The van der Waals surface area contributed by atoms with E-state index in [0.29, 0.717) is 0 Å². The molecular weight excluding hydrogens is 308 g/mol. The van der Waals surface area contributed by atoms with Gasteiger partial charge in [-0.3, -0.25) is 10.1 Å². The number of nitrogens with zero attached hydrogens (tertiary/aromatic N) is 2. The van der Waals surface area contributed by atoms with Crippen molar-refractivity contribution in [2.75, 3.05) is 14.2 Å². The summed E-state index contributed by atoms with van der Waals surface area (Å²) in [5, 5.41) is 20.2. The summed E-state index contributed by atoms with van der Waals surface area (Å²) in [6, 6.07) is 6.44. The van der Waals surface area contributed by atoms with Crippen LogP contribution in [0.2, 0.25) is 0 Å². The molecule has 9 heteroatoms. The van der Waals surface area contributed by atoms with Crippen LogP contribution in [0.25, 0.3) is 0 Å². The van der Waals surface area contributed by atoms with Crippen LogP contribution in [0.5, 0.6) is 0 Å². The summed E-state index contributed by atoms with van der Waals surface area (Å²) < 4.78 is 14.5. The highest BCUT2D eigenvalue weighted by Gasteiger charge is 2.55. The number of nitro groups is 1. The maximum Gasteiger partial charge on any atom is 0.376 e. The Morgan fingerprint density at radius 1 is 1.35 bits per heavy atom. The number of nitriles is 1. The van der Waals surface area contributed by atoms with Crippen molar-refractivity contribution >= 4 is 17.6 Å². The monoisotopic (exact) mass is 318 g/mol. The number of carbonyl (C=O) groups excluding carboxylic acids is 2. The van der Waals surface area contributed by atoms with E-state index in [-0.39, 0.29) is 11.3 Å². The predicted molar refractivity (Wildman–Crippen MR) is 72.5 cm³/mol. The van der Waals surface area contributed by atoms with Crippen molar-refractivity contribution in [3.05, 3.63) is 51.3 Å². The first kappa shape index (κ1) is 16.0. The van der Waals surface area contributed by atoms with Gasteiger partial charge in [0.05, 0.1) is 19.1 Å². The fourth-order valence-corrected chi connectivity index (χ4v) is 2.19. The zero-order chi connectivity index (χ0) is 17.2. The fraction of sp³-hybridized carbons (Fsp3) is 0.214. The van der Waals surface area contributed by atoms with Gasteiger partial charge in [-0.15, -0.1) is 0 Å². The number of cyclic esters (lactones) is 1. The molecule has 1 aliphatic rings. The first-order valence-electron chi connectivity index (χ1n) is 6.17. The summed E-state index contributed by atoms with van der Waals surface area (Å²) in [4.78, 5) is 34.0. The third-order valence-corrected chi connectivity index (χ3v) is 3.25. The lowest BCUT2D eigenvalue weighted by atomic mass is 9.87. The van der Waals surface area contributed by atoms with Crippen molar-refractivity contribution in [2.45, 2.75) is 5.60 Å². The number of hydrogen-bond acceptors (Lipinski definition) is 8. The van der Waals surface area contributed by atoms with Gasteiger partial charge in [0, 0.05) is 17.7 Å². The standard InChI is InChI=1S/C14H10N2O7/c1-21-11-10(12(17)22-2)14(7-15,23-13(11)18)8-3-5-9(6-4-8)16(19)20/h3-6H,1-2H3. The van der Waals surface area contributed by atoms with Gasteiger partial charge in [0.25, 0.3) is 11.3 Å². The molecule has 23 heavy (non-hydrogen) atoms. The van der Waals surface area contributed by atoms with Gasteiger partial charge in [-0.2, -0.15) is 5.26 Å². The number of esters is 2. The van der Waals surface area contributed by atoms with E-state index >= 15 is 0 Å². The molecule has 0 radical (unpaired) electrons. The Balaban J connectivity index is 2.66. The molecule has 1 atom stereocenters. The minimum Gasteiger partial charge on any atom is -0.489 e. The van der Waals surface area contributed by atoms with Crippen molar-refractivity contribution < 1.29 is 28.7 Å². The maximum absolute atomic E-state index is 12.0. The first-order valence-corrected chi connectivity index (χ1v) is 6.17. The zero-order valence-electron chi connectivity index (χ0n) is 12.1. The van der Waals surface area contributed by atoms with Crippen molar-refractivity contribution in [1.82, 2.24) is 0 Å². The zero-order valence-corrected chi connectivity index (χ0v) is 12.1. The van der Waals surface area contributed by atoms with Crippen LogP contribution in [-0.2, 0) is 29.4 Å². The number of rotatable bonds is 4. The number of non-ortho nitro benzene ring substituents is 1. The Hall–Kier alpha value is -3.41. The molecule has 0 amide bonds. The molecule has 0 aliphatic carbocycles. The molecule has 0 bridgehead atoms. The highest BCUT2D eigenvalue weighted by atomic mass is 16.6. The minimum atomic E-state index is -2.09. The molecule has 1 unspecified atom stereocenters. The summed E-state index contributed by atoms with van der Waals surface area (Å²) in [5.74, 6) is -2.43. The Bertz CT molecular complexity index is 760. The Morgan fingerprint density at radius 3 is 2.39 bits per heavy atom. The third-order valence-electron chi connectivity index (χ3n) is 3.25. The average molecular weight is 318 g/mol. The maximum atomic E-state index is 12.0. The molecular formula is C14H10N2O7. The van der Waals surface area contributed by atoms with E-state index in [1.807, 2.05) is 0 Å². The van der Waals surface area contributed by atoms with E-state index in [1.165, 1.54) is 12.1 Å². The normalized spacial score (nSPS) is 19.8. The van der Waals surface area contributed by atoms with E-state index in [9.17, 15) is 25.0 Å². The summed E-state index contributed by atoms with van der Waals surface area (Å²) in [7, 11) is 2.21. The highest BCUT2D eigenvalue weighted by molar-refractivity contribution is 6.05. The third kappa shape index (κ3) is 2.36. The minimum absolute atomic E-state index is 0.0615. The molecule has 1 aliphatic heterocycles. The van der Waals surface area contributed by atoms with Gasteiger partial charge < -0.3 is 14.2 Å². The molecule has 118 valence electrons. The number of carbonyl (C=O) groups is 2. The second-order valence-electron chi connectivity index (χ2n) is 4.39. The molecule has 0 spiro atoms. The van der Waals surface area contributed by atoms with E-state index in [2.05, 4.69) is 4.74 Å². The molecule has 0 saturated heterocycles. The van der Waals surface area contributed by atoms with Crippen LogP contribution in [-0.4, -0.2) is 31.1 Å². The SMILES string of the molecule is COC(=O)C1=C(OC)C(=O)OC1(C#N)c1ccc([N+](=O)[O-])cc1. The van der Waals surface area contributed by atoms with E-state index in [4.69, 9.17) is 9.47 Å². The smallest absolute Gasteiger partial charge is 0.376 e. The number of hydrogen-bond donors (Lipinski definition) is 0. The lowest BCUT2D eigenvalue weighted by Gasteiger charge is -2.21. The van der Waals surface area contributed by atoms with E-state index in [0.717, 1.165) is 26.4 Å². The van der Waals surface area contributed by atoms with Gasteiger partial charge in [0.1, 0.15) is 11.6 Å². The second-order valence-corrected chi connectivity index (χ2v) is 4.39. The number of ether oxygens (including phenoxy) is 3. The van der Waals surface area contributed by atoms with Crippen LogP contribution in [0.1, 0.15) is 5.56 Å². The van der Waals surface area contributed by atoms with E-state index < -0.39 is 33.8 Å². The van der Waals surface area contributed by atoms with Gasteiger partial charge in [0.2, 0.25) is 5.76 Å². The summed E-state index contributed by atoms with van der Waals surface area (Å²) in [6.45, 7) is 0. The molecule has 0 aromatic heterocycles. The molecule has 1 aromatic carbocycles. The highest BCUT2D eigenvalue weighted by Crippen LogP contribution is 2.42. The number of benzene rings is 1. The van der Waals surface area contributed by atoms with Crippen LogP contribution >= 0.6 is 0 Å². The Morgan fingerprint density at radius 2 is 1.96 bits per heavy atom. The Labute approximate surface area is 129 Å². The van der Waals surface area contributed by atoms with Gasteiger partial charge in [0.15, 0.2) is 0 Å². The molecule has 0 N–H and O–H groups in total. The van der Waals surface area contributed by atoms with Crippen molar-refractivity contribution in [2.24, 2.45) is 0 Å². The second kappa shape index (κ2) is 5.76. The molecule has 1 heterocycles. The van der Waals surface area contributed by atoms with Gasteiger partial charge in [-0.05, 0) is 12.1 Å². The lowest BCUT2D eigenvalue weighted by Crippen LogP contribution is -2.31. The van der Waals surface area contributed by atoms with Crippen molar-refractivity contribution in [3.63, 3.8) is 0 Å². The van der Waals surface area contributed by atoms with Crippen LogP contribution in [0, 0.1) is 21.4 Å². The predicted octanol–water partition coefficient (Wildman–Crippen LogP) is 0.944. The van der Waals surface area contributed by atoms with Crippen LogP contribution in [0.15, 0.2) is 35.6 Å². The molecule has 1 aromatic rings. The number of methoxy groups -OCH3 is 2. The Kier molecular flexibility index (Phi) is 4.00. The van der Waals surface area contributed by atoms with E-state index in [1.54, 1.807) is 6.07 Å². The largest absolute Gasteiger partial charge is 0.489 e. The topological polar surface area (TPSA) is 129 Å². The quantitative estimate of drug-likeness (QED) is 0.455. The summed E-state index contributed by atoms with van der Waals surface area (Å²) in [6.07, 6.45) is 0. The fourth-order valence-electron chi connectivity index (χ4n) is 2.19. The number of nitro benzene ring substituents is 1. The summed E-state index contributed by atoms with van der Waals surface area (Å²) >= 11 is 0. The molecule has 9 nitrogen and oxygen atoms in total. The van der Waals surface area contributed by atoms with Crippen LogP contribution in [0.3, 0.4) is 0 Å². The summed E-state index contributed by atoms with van der Waals surface area (Å²) in [5.41, 5.74) is -2.66. The lowest BCUT2D eigenvalue weighted by molar-refractivity contribution is -0.384. The van der Waals surface area contributed by atoms with Crippen molar-refractivity contribution in [3.8, 4) is 6.07 Å². The molecule has 2 rings (SSSR count). The van der Waals surface area contributed by atoms with Crippen LogP contribution < -0.4 is 0 Å². The van der Waals surface area contributed by atoms with Crippen molar-refractivity contribution in [1.29, 1.82) is 5.26 Å².